The van der Waals surface area contributed by atoms with Gasteiger partial charge < -0.3 is 0 Å². The van der Waals surface area contributed by atoms with Gasteiger partial charge in [-0.15, -0.1) is 0 Å². The van der Waals surface area contributed by atoms with Gasteiger partial charge in [0.05, 0.1) is 6.54 Å². The first-order valence-corrected chi connectivity index (χ1v) is 7.97. The van der Waals surface area contributed by atoms with Gasteiger partial charge in [-0.2, -0.15) is 11.8 Å². The molecule has 0 amide bonds. The van der Waals surface area contributed by atoms with Crippen LogP contribution in [-0.4, -0.2) is 41.3 Å². The second-order valence-electron chi connectivity index (χ2n) is 5.59. The lowest BCUT2D eigenvalue weighted by Crippen LogP contribution is -2.40. The highest BCUT2D eigenvalue weighted by molar-refractivity contribution is 7.99. The summed E-state index contributed by atoms with van der Waals surface area (Å²) in [5.41, 5.74) is 4.47. The summed E-state index contributed by atoms with van der Waals surface area (Å²) in [5.74, 6) is 1.40. The van der Waals surface area contributed by atoms with Gasteiger partial charge in [-0.25, -0.2) is 0 Å². The maximum Gasteiger partial charge on any atom is 0.177 e. The number of thioether (sulfide) groups is 1. The van der Waals surface area contributed by atoms with Gasteiger partial charge in [0, 0.05) is 29.7 Å². The zero-order chi connectivity index (χ0) is 14.0. The molecule has 0 radical (unpaired) electrons. The van der Waals surface area contributed by atoms with Gasteiger partial charge >= 0.3 is 0 Å². The average Bonchev–Trinajstić information content (AvgIpc) is 2.33. The van der Waals surface area contributed by atoms with E-state index in [9.17, 15) is 4.79 Å². The van der Waals surface area contributed by atoms with Crippen molar-refractivity contribution < 1.29 is 4.79 Å². The molecule has 1 heterocycles. The molecule has 0 aliphatic carbocycles. The van der Waals surface area contributed by atoms with E-state index in [0.29, 0.717) is 11.8 Å². The summed E-state index contributed by atoms with van der Waals surface area (Å²) in [6.45, 7) is 11.1. The molecular weight excluding hydrogens is 254 g/mol. The molecule has 1 aliphatic heterocycles. The van der Waals surface area contributed by atoms with Crippen LogP contribution in [0.4, 0.5) is 0 Å². The van der Waals surface area contributed by atoms with Crippen LogP contribution < -0.4 is 0 Å². The van der Waals surface area contributed by atoms with E-state index in [1.54, 1.807) is 0 Å². The van der Waals surface area contributed by atoms with Crippen LogP contribution in [0.2, 0.25) is 0 Å². The smallest absolute Gasteiger partial charge is 0.177 e. The number of aryl methyl sites for hydroxylation is 3. The fourth-order valence-corrected chi connectivity index (χ4v) is 3.67. The molecular formula is C16H23NOS. The Labute approximate surface area is 120 Å². The van der Waals surface area contributed by atoms with Crippen molar-refractivity contribution in [3.63, 3.8) is 0 Å². The Morgan fingerprint density at radius 1 is 1.26 bits per heavy atom. The monoisotopic (exact) mass is 277 g/mol. The molecule has 19 heavy (non-hydrogen) atoms. The Hall–Kier alpha value is -0.800. The summed E-state index contributed by atoms with van der Waals surface area (Å²) in [6.07, 6.45) is 0. The first kappa shape index (κ1) is 14.6. The normalized spacial score (nSPS) is 20.5. The molecule has 1 fully saturated rings. The summed E-state index contributed by atoms with van der Waals surface area (Å²) in [5, 5.41) is 0.641. The van der Waals surface area contributed by atoms with Crippen LogP contribution in [0.3, 0.4) is 0 Å². The topological polar surface area (TPSA) is 20.3 Å². The molecule has 0 bridgehead atoms. The molecule has 1 aromatic rings. The second-order valence-corrected chi connectivity index (χ2v) is 7.14. The van der Waals surface area contributed by atoms with E-state index in [1.807, 2.05) is 18.7 Å². The maximum atomic E-state index is 12.5. The van der Waals surface area contributed by atoms with E-state index < -0.39 is 0 Å². The van der Waals surface area contributed by atoms with Crippen molar-refractivity contribution >= 4 is 17.5 Å². The van der Waals surface area contributed by atoms with Gasteiger partial charge in [0.25, 0.3) is 0 Å². The summed E-state index contributed by atoms with van der Waals surface area (Å²) in [4.78, 5) is 14.7. The van der Waals surface area contributed by atoms with E-state index in [-0.39, 0.29) is 5.78 Å². The highest BCUT2D eigenvalue weighted by atomic mass is 32.2. The Morgan fingerprint density at radius 2 is 1.95 bits per heavy atom. The molecule has 0 N–H and O–H groups in total. The Kier molecular flexibility index (Phi) is 4.69. The van der Waals surface area contributed by atoms with Crippen LogP contribution in [0.5, 0.6) is 0 Å². The lowest BCUT2D eigenvalue weighted by Gasteiger charge is -2.30. The maximum absolute atomic E-state index is 12.5. The SMILES string of the molecule is Cc1cc(C)c(C(=O)CN2CCSC(C)C2)cc1C. The molecule has 3 heteroatoms. The average molecular weight is 277 g/mol. The number of hydrogen-bond acceptors (Lipinski definition) is 3. The van der Waals surface area contributed by atoms with Gasteiger partial charge in [0.15, 0.2) is 5.78 Å². The molecule has 1 unspecified atom stereocenters. The van der Waals surface area contributed by atoms with Crippen molar-refractivity contribution in [2.75, 3.05) is 25.4 Å². The molecule has 0 saturated carbocycles. The van der Waals surface area contributed by atoms with E-state index in [4.69, 9.17) is 0 Å². The molecule has 1 saturated heterocycles. The molecule has 1 aromatic carbocycles. The van der Waals surface area contributed by atoms with Crippen LogP contribution in [0.25, 0.3) is 0 Å². The van der Waals surface area contributed by atoms with Crippen molar-refractivity contribution in [1.82, 2.24) is 4.90 Å². The van der Waals surface area contributed by atoms with E-state index in [0.717, 1.165) is 30.0 Å². The minimum Gasteiger partial charge on any atom is -0.294 e. The highest BCUT2D eigenvalue weighted by Gasteiger charge is 2.20. The number of Topliss-reactive ketones (excluding diaryl/α,β-unsaturated/α-hetero) is 1. The zero-order valence-electron chi connectivity index (χ0n) is 12.3. The third-order valence-electron chi connectivity index (χ3n) is 3.83. The molecule has 1 aliphatic rings. The van der Waals surface area contributed by atoms with Gasteiger partial charge in [-0.3, -0.25) is 9.69 Å². The Balaban J connectivity index is 2.09. The number of carbonyl (C=O) groups is 1. The largest absolute Gasteiger partial charge is 0.294 e. The zero-order valence-corrected chi connectivity index (χ0v) is 13.1. The summed E-state index contributed by atoms with van der Waals surface area (Å²) < 4.78 is 0. The van der Waals surface area contributed by atoms with Crippen molar-refractivity contribution in [3.8, 4) is 0 Å². The van der Waals surface area contributed by atoms with E-state index >= 15 is 0 Å². The van der Waals surface area contributed by atoms with Crippen LogP contribution in [0, 0.1) is 20.8 Å². The molecule has 2 nitrogen and oxygen atoms in total. The quantitative estimate of drug-likeness (QED) is 0.791. The Bertz CT molecular complexity index is 484. The molecule has 1 atom stereocenters. The fraction of sp³-hybridized carbons (Fsp3) is 0.562. The number of rotatable bonds is 3. The molecule has 0 spiro atoms. The van der Waals surface area contributed by atoms with Crippen molar-refractivity contribution in [3.05, 3.63) is 34.4 Å². The highest BCUT2D eigenvalue weighted by Crippen LogP contribution is 2.20. The van der Waals surface area contributed by atoms with Crippen molar-refractivity contribution in [2.45, 2.75) is 32.9 Å². The van der Waals surface area contributed by atoms with E-state index in [2.05, 4.69) is 37.8 Å². The number of hydrogen-bond donors (Lipinski definition) is 0. The lowest BCUT2D eigenvalue weighted by atomic mass is 9.98. The van der Waals surface area contributed by atoms with Crippen molar-refractivity contribution in [1.29, 1.82) is 0 Å². The molecule has 0 aromatic heterocycles. The van der Waals surface area contributed by atoms with Crippen LogP contribution in [-0.2, 0) is 0 Å². The third-order valence-corrected chi connectivity index (χ3v) is 4.97. The predicted octanol–water partition coefficient (Wildman–Crippen LogP) is 3.23. The van der Waals surface area contributed by atoms with Gasteiger partial charge in [-0.1, -0.05) is 13.0 Å². The van der Waals surface area contributed by atoms with Crippen LogP contribution in [0.1, 0.15) is 34.0 Å². The number of benzene rings is 1. The fourth-order valence-electron chi connectivity index (χ4n) is 2.58. The minimum absolute atomic E-state index is 0.264. The van der Waals surface area contributed by atoms with Crippen molar-refractivity contribution in [2.24, 2.45) is 0 Å². The van der Waals surface area contributed by atoms with Crippen LogP contribution >= 0.6 is 11.8 Å². The second kappa shape index (κ2) is 6.10. The number of nitrogens with zero attached hydrogens (tertiary/aromatic N) is 1. The first-order valence-electron chi connectivity index (χ1n) is 6.92. The third kappa shape index (κ3) is 3.61. The van der Waals surface area contributed by atoms with Crippen LogP contribution in [0.15, 0.2) is 12.1 Å². The molecule has 2 rings (SSSR count). The number of carbonyl (C=O) groups excluding carboxylic acids is 1. The minimum atomic E-state index is 0.264. The lowest BCUT2D eigenvalue weighted by molar-refractivity contribution is 0.0933. The summed E-state index contributed by atoms with van der Waals surface area (Å²) >= 11 is 2.00. The summed E-state index contributed by atoms with van der Waals surface area (Å²) in [7, 11) is 0. The first-order chi connectivity index (χ1) is 8.97. The van der Waals surface area contributed by atoms with Gasteiger partial charge in [0.2, 0.25) is 0 Å². The predicted molar refractivity (Wildman–Crippen MR) is 83.3 cm³/mol. The van der Waals surface area contributed by atoms with E-state index in [1.165, 1.54) is 11.1 Å². The number of ketones is 1. The standard InChI is InChI=1S/C16H23NOS/c1-11-7-13(3)15(8-12(11)2)16(18)10-17-5-6-19-14(4)9-17/h7-8,14H,5-6,9-10H2,1-4H3. The molecule has 104 valence electrons. The van der Waals surface area contributed by atoms with Gasteiger partial charge in [0.1, 0.15) is 0 Å². The summed E-state index contributed by atoms with van der Waals surface area (Å²) in [6, 6.07) is 4.17. The Morgan fingerprint density at radius 3 is 2.63 bits per heavy atom. The van der Waals surface area contributed by atoms with Gasteiger partial charge in [-0.05, 0) is 43.5 Å².